The van der Waals surface area contributed by atoms with Crippen molar-refractivity contribution in [3.05, 3.63) is 66.0 Å². The summed E-state index contributed by atoms with van der Waals surface area (Å²) in [5.41, 5.74) is 0.368. The van der Waals surface area contributed by atoms with E-state index in [2.05, 4.69) is 22.5 Å². The second-order valence-corrected chi connectivity index (χ2v) is 18.9. The van der Waals surface area contributed by atoms with Crippen LogP contribution in [0.2, 0.25) is 0 Å². The highest BCUT2D eigenvalue weighted by molar-refractivity contribution is 7.90. The molecule has 18 heteroatoms. The Morgan fingerprint density at radius 3 is 2.43 bits per heavy atom. The highest BCUT2D eigenvalue weighted by atomic mass is 32.2. The number of hydrogen-bond acceptors (Lipinski definition) is 11. The van der Waals surface area contributed by atoms with Gasteiger partial charge < -0.3 is 35.2 Å². The van der Waals surface area contributed by atoms with Gasteiger partial charge in [-0.05, 0) is 81.5 Å². The lowest BCUT2D eigenvalue weighted by molar-refractivity contribution is -0.141. The fourth-order valence-corrected chi connectivity index (χ4v) is 9.22. The van der Waals surface area contributed by atoms with Crippen LogP contribution in [0.5, 0.6) is 0 Å². The third-order valence-electron chi connectivity index (χ3n) is 11.3. The van der Waals surface area contributed by atoms with Crippen LogP contribution in [0.1, 0.15) is 83.3 Å². The summed E-state index contributed by atoms with van der Waals surface area (Å²) in [5, 5.41) is 8.45. The van der Waals surface area contributed by atoms with Crippen molar-refractivity contribution in [2.45, 2.75) is 119 Å². The van der Waals surface area contributed by atoms with Gasteiger partial charge >= 0.3 is 12.2 Å². The summed E-state index contributed by atoms with van der Waals surface area (Å²) < 4.78 is 55.4. The summed E-state index contributed by atoms with van der Waals surface area (Å²) in [5.74, 6) is -4.00. The lowest BCUT2D eigenvalue weighted by Gasteiger charge is -2.30. The molecular formula is C42H56FN7O9S. The molecule has 1 spiro atoms. The number of amides is 5. The summed E-state index contributed by atoms with van der Waals surface area (Å²) in [6.45, 7) is 9.60. The van der Waals surface area contributed by atoms with Gasteiger partial charge in [-0.2, -0.15) is 0 Å². The molecule has 1 saturated carbocycles. The van der Waals surface area contributed by atoms with Crippen LogP contribution >= 0.6 is 0 Å². The van der Waals surface area contributed by atoms with Crippen LogP contribution in [0.3, 0.4) is 0 Å². The molecule has 4 aliphatic rings. The first kappa shape index (κ1) is 44.2. The molecule has 2 aromatic carbocycles. The molecule has 60 heavy (non-hydrogen) atoms. The fraction of sp³-hybridized carbons (Fsp3) is 0.548. The zero-order chi connectivity index (χ0) is 43.6. The quantitative estimate of drug-likeness (QED) is 0.316. The van der Waals surface area contributed by atoms with Crippen molar-refractivity contribution in [2.75, 3.05) is 37.4 Å². The van der Waals surface area contributed by atoms with Crippen molar-refractivity contribution in [3.63, 3.8) is 0 Å². The number of alkyl carbamates (subject to hydrolysis) is 1. The van der Waals surface area contributed by atoms with Crippen LogP contribution in [0, 0.1) is 11.7 Å². The van der Waals surface area contributed by atoms with Crippen LogP contribution in [0.15, 0.2) is 53.9 Å². The van der Waals surface area contributed by atoms with Crippen LogP contribution in [0.4, 0.5) is 25.4 Å². The zero-order valence-electron chi connectivity index (χ0n) is 34.8. The summed E-state index contributed by atoms with van der Waals surface area (Å²) in [7, 11) is -0.819. The number of nitrogens with zero attached hydrogens (tertiary/aromatic N) is 3. The van der Waals surface area contributed by atoms with Crippen molar-refractivity contribution in [2.24, 2.45) is 5.92 Å². The van der Waals surface area contributed by atoms with Gasteiger partial charge in [-0.1, -0.05) is 37.8 Å². The molecule has 0 unspecified atom stereocenters. The third-order valence-corrected chi connectivity index (χ3v) is 12.7. The number of halogens is 1. The van der Waals surface area contributed by atoms with Crippen molar-refractivity contribution in [1.82, 2.24) is 25.2 Å². The molecule has 5 amide bonds. The Morgan fingerprint density at radius 2 is 1.73 bits per heavy atom. The number of carbonyl (C=O) groups is 5. The van der Waals surface area contributed by atoms with Gasteiger partial charge in [0.2, 0.25) is 11.8 Å². The minimum atomic E-state index is -4.67. The maximum Gasteiger partial charge on any atom is 0.410 e. The van der Waals surface area contributed by atoms with Crippen LogP contribution < -0.4 is 25.6 Å². The highest BCUT2D eigenvalue weighted by Crippen LogP contribution is 2.45. The van der Waals surface area contributed by atoms with E-state index in [-0.39, 0.29) is 31.5 Å². The van der Waals surface area contributed by atoms with Gasteiger partial charge in [-0.3, -0.25) is 19.3 Å². The van der Waals surface area contributed by atoms with Gasteiger partial charge in [-0.25, -0.2) is 27.1 Å². The molecular weight excluding hydrogens is 798 g/mol. The largest absolute Gasteiger partial charge is 0.444 e. The number of fused-ring (bicyclic) bond motifs is 3. The van der Waals surface area contributed by atoms with Gasteiger partial charge in [0.15, 0.2) is 0 Å². The van der Waals surface area contributed by atoms with E-state index in [9.17, 15) is 36.8 Å². The molecule has 0 radical (unpaired) electrons. The monoisotopic (exact) mass is 853 g/mol. The highest BCUT2D eigenvalue weighted by Gasteiger charge is 2.61. The topological polar surface area (TPSA) is 196 Å². The lowest BCUT2D eigenvalue weighted by Crippen LogP contribution is -2.58. The zero-order valence-corrected chi connectivity index (χ0v) is 35.7. The second-order valence-electron chi connectivity index (χ2n) is 17.2. The summed E-state index contributed by atoms with van der Waals surface area (Å²) >= 11 is 0. The Hall–Kier alpha value is -5.39. The predicted molar refractivity (Wildman–Crippen MR) is 221 cm³/mol. The van der Waals surface area contributed by atoms with E-state index in [0.717, 1.165) is 41.8 Å². The minimum Gasteiger partial charge on any atom is -0.444 e. The Balaban J connectivity index is 1.29. The first-order valence-electron chi connectivity index (χ1n) is 20.4. The molecule has 6 rings (SSSR count). The first-order valence-corrected chi connectivity index (χ1v) is 21.9. The van der Waals surface area contributed by atoms with Crippen LogP contribution in [-0.2, 0) is 47.0 Å². The Labute approximate surface area is 350 Å². The molecule has 3 aliphatic heterocycles. The number of nitrogens with one attached hydrogen (secondary N) is 4. The van der Waals surface area contributed by atoms with Crippen LogP contribution in [0.25, 0.3) is 0 Å². The molecule has 2 fully saturated rings. The lowest BCUT2D eigenvalue weighted by atomic mass is 10.0. The SMILES string of the molecule is C=C[C@@H]1C[C@@]12NC(=O)[C@@H]1C[C@@H](OC(=O)N3Cc4ccc(N(C)C)cc4C3)CN1C(=O)[C@@H](NC(=O)OC(C)(C)C)CCCCCCCNc1ccc(F)cc1S(=O)(=O)NC2=O. The van der Waals surface area contributed by atoms with E-state index in [0.29, 0.717) is 38.9 Å². The smallest absolute Gasteiger partial charge is 0.410 e. The average Bonchev–Trinajstić information content (AvgIpc) is 3.47. The molecule has 2 aromatic rings. The first-order chi connectivity index (χ1) is 28.3. The molecule has 0 aromatic heterocycles. The Bertz CT molecular complexity index is 2130. The third kappa shape index (κ3) is 10.1. The van der Waals surface area contributed by atoms with E-state index < -0.39 is 85.9 Å². The maximum absolute atomic E-state index is 14.6. The minimum absolute atomic E-state index is 0.00911. The molecule has 16 nitrogen and oxygen atoms in total. The van der Waals surface area contributed by atoms with E-state index in [1.54, 1.807) is 20.8 Å². The van der Waals surface area contributed by atoms with E-state index >= 15 is 0 Å². The summed E-state index contributed by atoms with van der Waals surface area (Å²) in [4.78, 5) is 74.0. The maximum atomic E-state index is 14.6. The van der Waals surface area contributed by atoms with Crippen molar-refractivity contribution in [3.8, 4) is 0 Å². The van der Waals surface area contributed by atoms with E-state index in [1.807, 2.05) is 41.9 Å². The second kappa shape index (κ2) is 17.7. The standard InChI is InChI=1S/C42H56FN7O9S/c1-7-28-22-42(28)38(53)47-60(56,57)35-20-29(43)15-17-32(35)44-18-12-10-8-9-11-13-33(45-39(54)59-41(2,3)4)37(52)50-25-31(21-34(50)36(51)46-42)58-40(55)49-23-26-14-16-30(48(5)6)19-27(26)24-49/h7,14-17,19-20,28,31,33-34,44H,1,8-13,18,21-25H2,2-6H3,(H,45,54)(H,46,51)(H,47,53)/t28-,31-,33+,34+,42-/m1/s1. The number of anilines is 2. The van der Waals surface area contributed by atoms with E-state index in [1.165, 1.54) is 21.9 Å². The van der Waals surface area contributed by atoms with Gasteiger partial charge in [0, 0.05) is 51.8 Å². The molecule has 1 saturated heterocycles. The van der Waals surface area contributed by atoms with Gasteiger partial charge in [0.25, 0.3) is 15.9 Å². The molecule has 3 heterocycles. The number of carbonyl (C=O) groups excluding carboxylic acids is 5. The van der Waals surface area contributed by atoms with Gasteiger partial charge in [0.05, 0.1) is 12.2 Å². The van der Waals surface area contributed by atoms with Gasteiger partial charge in [0.1, 0.15) is 40.0 Å². The van der Waals surface area contributed by atoms with Gasteiger partial charge in [-0.15, -0.1) is 6.58 Å². The number of ether oxygens (including phenoxy) is 2. The van der Waals surface area contributed by atoms with Crippen molar-refractivity contribution < 1.29 is 46.3 Å². The average molecular weight is 854 g/mol. The summed E-state index contributed by atoms with van der Waals surface area (Å²) in [6.07, 6.45) is 2.38. The Morgan fingerprint density at radius 1 is 1.02 bits per heavy atom. The molecule has 1 aliphatic carbocycles. The normalized spacial score (nSPS) is 26.0. The number of sulfonamides is 1. The van der Waals surface area contributed by atoms with Crippen LogP contribution in [-0.4, -0.2) is 105 Å². The molecule has 4 N–H and O–H groups in total. The molecule has 326 valence electrons. The molecule has 0 bridgehead atoms. The predicted octanol–water partition coefficient (Wildman–Crippen LogP) is 4.54. The van der Waals surface area contributed by atoms with E-state index in [4.69, 9.17) is 9.47 Å². The summed E-state index contributed by atoms with van der Waals surface area (Å²) in [6, 6.07) is 6.74. The fourth-order valence-electron chi connectivity index (χ4n) is 7.98. The molecule has 5 atom stereocenters. The van der Waals surface area contributed by atoms with Crippen molar-refractivity contribution >= 4 is 51.3 Å². The number of benzene rings is 2. The number of hydrogen-bond donors (Lipinski definition) is 4. The Kier molecular flexibility index (Phi) is 13.0. The number of rotatable bonds is 4. The van der Waals surface area contributed by atoms with Crippen molar-refractivity contribution in [1.29, 1.82) is 0 Å².